The zero-order chi connectivity index (χ0) is 27.6. The van der Waals surface area contributed by atoms with E-state index in [1.807, 2.05) is 48.5 Å². The third kappa shape index (κ3) is 4.84. The number of nitrogens with one attached hydrogen (secondary N) is 2. The third-order valence-electron chi connectivity index (χ3n) is 7.16. The minimum absolute atomic E-state index is 0.213. The quantitative estimate of drug-likeness (QED) is 0.301. The van der Waals surface area contributed by atoms with E-state index in [9.17, 15) is 9.59 Å². The molecular weight excluding hydrogens is 502 g/mol. The summed E-state index contributed by atoms with van der Waals surface area (Å²) in [6.45, 7) is 5.29. The van der Waals surface area contributed by atoms with Gasteiger partial charge in [-0.3, -0.25) is 4.79 Å². The molecule has 3 aromatic carbocycles. The minimum atomic E-state index is -0.330. The van der Waals surface area contributed by atoms with Crippen LogP contribution in [0.2, 0.25) is 0 Å². The molecule has 0 aliphatic carbocycles. The van der Waals surface area contributed by atoms with Gasteiger partial charge in [-0.1, -0.05) is 49.0 Å². The number of aromatic nitrogens is 2. The molecular formula is C31H29N7O2. The highest BCUT2D eigenvalue weighted by atomic mass is 16.2. The smallest absolute Gasteiger partial charge is 0.330 e. The summed E-state index contributed by atoms with van der Waals surface area (Å²) in [5.41, 5.74) is 6.34. The zero-order valence-electron chi connectivity index (χ0n) is 22.2. The van der Waals surface area contributed by atoms with Crippen molar-refractivity contribution in [1.82, 2.24) is 14.9 Å². The van der Waals surface area contributed by atoms with Crippen LogP contribution in [0.25, 0.3) is 0 Å². The molecule has 6 rings (SSSR count). The first-order valence-corrected chi connectivity index (χ1v) is 13.1. The Bertz CT molecular complexity index is 1600. The van der Waals surface area contributed by atoms with Gasteiger partial charge in [-0.05, 0) is 48.4 Å². The van der Waals surface area contributed by atoms with E-state index in [-0.39, 0.29) is 11.9 Å². The lowest BCUT2D eigenvalue weighted by Gasteiger charge is -2.36. The van der Waals surface area contributed by atoms with Crippen LogP contribution >= 0.6 is 0 Å². The molecule has 2 N–H and O–H groups in total. The number of anilines is 6. The summed E-state index contributed by atoms with van der Waals surface area (Å²) in [5, 5.41) is 6.16. The lowest BCUT2D eigenvalue weighted by atomic mass is 10.1. The molecule has 40 heavy (non-hydrogen) atoms. The van der Waals surface area contributed by atoms with Gasteiger partial charge in [-0.25, -0.2) is 14.7 Å². The van der Waals surface area contributed by atoms with Crippen molar-refractivity contribution in [3.8, 4) is 0 Å². The van der Waals surface area contributed by atoms with Crippen LogP contribution in [0.15, 0.2) is 91.6 Å². The fraction of sp³-hybridized carbons (Fsp3) is 0.161. The SMILES string of the molecule is C=CC(=O)Nc1cccc(N2C(=O)N(Cc3ccccc3)Cc3cnc(Nc4cccc5c4CCN5C)nc32)c1. The molecule has 2 aliphatic rings. The van der Waals surface area contributed by atoms with Crippen LogP contribution in [0, 0.1) is 0 Å². The number of benzene rings is 3. The number of nitrogens with zero attached hydrogens (tertiary/aromatic N) is 5. The van der Waals surface area contributed by atoms with Crippen LogP contribution in [0.1, 0.15) is 16.7 Å². The van der Waals surface area contributed by atoms with Crippen molar-refractivity contribution >= 4 is 46.5 Å². The van der Waals surface area contributed by atoms with Crippen LogP contribution < -0.4 is 20.4 Å². The molecule has 1 aromatic heterocycles. The maximum absolute atomic E-state index is 14.0. The summed E-state index contributed by atoms with van der Waals surface area (Å²) in [6, 6.07) is 22.9. The summed E-state index contributed by atoms with van der Waals surface area (Å²) in [5.74, 6) is 0.582. The molecule has 0 atom stereocenters. The number of fused-ring (bicyclic) bond motifs is 2. The second-order valence-corrected chi connectivity index (χ2v) is 9.85. The van der Waals surface area contributed by atoms with Crippen molar-refractivity contribution in [2.75, 3.05) is 34.0 Å². The highest BCUT2D eigenvalue weighted by Gasteiger charge is 2.34. The van der Waals surface area contributed by atoms with Crippen molar-refractivity contribution in [3.63, 3.8) is 0 Å². The average molecular weight is 532 g/mol. The minimum Gasteiger partial charge on any atom is -0.374 e. The van der Waals surface area contributed by atoms with Gasteiger partial charge in [0.15, 0.2) is 5.82 Å². The van der Waals surface area contributed by atoms with Gasteiger partial charge in [-0.15, -0.1) is 0 Å². The van der Waals surface area contributed by atoms with E-state index < -0.39 is 0 Å². The topological polar surface area (TPSA) is 93.7 Å². The number of likely N-dealkylation sites (N-methyl/N-ethyl adjacent to an activating group) is 1. The maximum Gasteiger partial charge on any atom is 0.330 e. The van der Waals surface area contributed by atoms with Crippen LogP contribution in [-0.2, 0) is 24.3 Å². The van der Waals surface area contributed by atoms with Gasteiger partial charge in [0.2, 0.25) is 11.9 Å². The third-order valence-corrected chi connectivity index (χ3v) is 7.16. The first-order chi connectivity index (χ1) is 19.5. The number of carbonyl (C=O) groups excluding carboxylic acids is 2. The Hall–Kier alpha value is -5.18. The lowest BCUT2D eigenvalue weighted by Crippen LogP contribution is -2.45. The van der Waals surface area contributed by atoms with E-state index in [0.29, 0.717) is 36.2 Å². The molecule has 200 valence electrons. The molecule has 0 spiro atoms. The summed E-state index contributed by atoms with van der Waals surface area (Å²) in [6.07, 6.45) is 3.92. The summed E-state index contributed by atoms with van der Waals surface area (Å²) < 4.78 is 0. The monoisotopic (exact) mass is 531 g/mol. The van der Waals surface area contributed by atoms with E-state index in [0.717, 1.165) is 29.8 Å². The Morgan fingerprint density at radius 1 is 1.07 bits per heavy atom. The van der Waals surface area contributed by atoms with Crippen LogP contribution in [0.5, 0.6) is 0 Å². The second-order valence-electron chi connectivity index (χ2n) is 9.85. The molecule has 0 unspecified atom stereocenters. The molecule has 9 heteroatoms. The van der Waals surface area contributed by atoms with Gasteiger partial charge in [0.25, 0.3) is 0 Å². The largest absolute Gasteiger partial charge is 0.374 e. The van der Waals surface area contributed by atoms with Crippen LogP contribution in [0.3, 0.4) is 0 Å². The van der Waals surface area contributed by atoms with E-state index in [1.165, 1.54) is 17.3 Å². The van der Waals surface area contributed by atoms with Crippen molar-refractivity contribution in [2.24, 2.45) is 0 Å². The molecule has 9 nitrogen and oxygen atoms in total. The Morgan fingerprint density at radius 2 is 1.90 bits per heavy atom. The van der Waals surface area contributed by atoms with Crippen LogP contribution in [0.4, 0.5) is 39.3 Å². The average Bonchev–Trinajstić information content (AvgIpc) is 3.36. The number of urea groups is 1. The Kier molecular flexibility index (Phi) is 6.61. The van der Waals surface area contributed by atoms with E-state index in [2.05, 4.69) is 40.2 Å². The predicted octanol–water partition coefficient (Wildman–Crippen LogP) is 5.61. The standard InChI is InChI=1S/C31H29N7O2/c1-3-28(39)33-23-11-7-12-24(17-23)38-29-22(20-37(31(38)40)19-21-9-5-4-6-10-21)18-32-30(35-29)34-26-13-8-14-27-25(26)15-16-36(27)2/h3-14,17-18H,1,15-16,19-20H2,2H3,(H,33,39)(H,32,34,35). The van der Waals surface area contributed by atoms with Gasteiger partial charge in [0.1, 0.15) is 0 Å². The van der Waals surface area contributed by atoms with Gasteiger partial charge in [0, 0.05) is 54.5 Å². The van der Waals surface area contributed by atoms with Crippen molar-refractivity contribution in [2.45, 2.75) is 19.5 Å². The molecule has 3 heterocycles. The number of amides is 3. The molecule has 0 saturated heterocycles. The lowest BCUT2D eigenvalue weighted by molar-refractivity contribution is -0.111. The Labute approximate surface area is 232 Å². The molecule has 0 fully saturated rings. The number of hydrogen-bond acceptors (Lipinski definition) is 6. The van der Waals surface area contributed by atoms with E-state index in [1.54, 1.807) is 34.2 Å². The first kappa shape index (κ1) is 25.1. The van der Waals surface area contributed by atoms with Gasteiger partial charge in [-0.2, -0.15) is 4.98 Å². The Balaban J connectivity index is 1.39. The van der Waals surface area contributed by atoms with Crippen LogP contribution in [-0.4, -0.2) is 40.4 Å². The van der Waals surface area contributed by atoms with E-state index in [4.69, 9.17) is 4.98 Å². The van der Waals surface area contributed by atoms with Crippen molar-refractivity contribution in [3.05, 3.63) is 108 Å². The van der Waals surface area contributed by atoms with Gasteiger partial charge >= 0.3 is 6.03 Å². The highest BCUT2D eigenvalue weighted by molar-refractivity contribution is 6.03. The van der Waals surface area contributed by atoms with E-state index >= 15 is 0 Å². The second kappa shape index (κ2) is 10.5. The number of hydrogen-bond donors (Lipinski definition) is 2. The maximum atomic E-state index is 14.0. The molecule has 4 aromatic rings. The molecule has 0 saturated carbocycles. The van der Waals surface area contributed by atoms with Crippen molar-refractivity contribution in [1.29, 1.82) is 0 Å². The van der Waals surface area contributed by atoms with Crippen molar-refractivity contribution < 1.29 is 9.59 Å². The zero-order valence-corrected chi connectivity index (χ0v) is 22.2. The first-order valence-electron chi connectivity index (χ1n) is 13.1. The summed E-state index contributed by atoms with van der Waals surface area (Å²) >= 11 is 0. The predicted molar refractivity (Wildman–Crippen MR) is 157 cm³/mol. The summed E-state index contributed by atoms with van der Waals surface area (Å²) in [4.78, 5) is 41.0. The fourth-order valence-electron chi connectivity index (χ4n) is 5.18. The molecule has 0 radical (unpaired) electrons. The molecule has 0 bridgehead atoms. The number of rotatable bonds is 7. The fourth-order valence-corrected chi connectivity index (χ4v) is 5.18. The van der Waals surface area contributed by atoms with Gasteiger partial charge in [0.05, 0.1) is 12.2 Å². The van der Waals surface area contributed by atoms with Gasteiger partial charge < -0.3 is 20.4 Å². The number of carbonyl (C=O) groups is 2. The normalized spacial score (nSPS) is 14.0. The Morgan fingerprint density at radius 3 is 2.73 bits per heavy atom. The molecule has 2 aliphatic heterocycles. The highest BCUT2D eigenvalue weighted by Crippen LogP contribution is 2.37. The molecule has 3 amide bonds. The summed E-state index contributed by atoms with van der Waals surface area (Å²) in [7, 11) is 2.08.